The maximum Gasteiger partial charge on any atom is 0.0575 e. The highest BCUT2D eigenvalue weighted by Crippen LogP contribution is 2.36. The molecule has 0 atom stereocenters. The Morgan fingerprint density at radius 1 is 0.741 bits per heavy atom. The van der Waals surface area contributed by atoms with Gasteiger partial charge in [-0.2, -0.15) is 0 Å². The lowest BCUT2D eigenvalue weighted by Gasteiger charge is -2.32. The molecule has 0 aliphatic heterocycles. The fraction of sp³-hybridized carbons (Fsp3) is 0.769. The van der Waals surface area contributed by atoms with Crippen molar-refractivity contribution in [1.82, 2.24) is 0 Å². The molecule has 1 heteroatoms. The summed E-state index contributed by atoms with van der Waals surface area (Å²) >= 11 is 0. The second-order valence-electron chi connectivity index (χ2n) is 9.31. The van der Waals surface area contributed by atoms with Gasteiger partial charge in [0.15, 0.2) is 0 Å². The number of unbranched alkanes of at least 4 members (excludes halogenated alkanes) is 4. The molecule has 1 nitrogen and oxygen atoms in total. The maximum absolute atomic E-state index is 6.37. The van der Waals surface area contributed by atoms with E-state index < -0.39 is 0 Å². The van der Waals surface area contributed by atoms with Gasteiger partial charge in [-0.3, -0.25) is 0 Å². The Morgan fingerprint density at radius 2 is 1.41 bits per heavy atom. The van der Waals surface area contributed by atoms with Crippen LogP contribution in [-0.4, -0.2) is 12.7 Å². The molecule has 0 aromatic heterocycles. The molecule has 2 saturated carbocycles. The van der Waals surface area contributed by atoms with Gasteiger partial charge in [0.25, 0.3) is 0 Å². The normalized spacial score (nSPS) is 28.9. The van der Waals surface area contributed by atoms with Crippen molar-refractivity contribution in [3.63, 3.8) is 0 Å². The Bertz CT molecular complexity index is 480. The summed E-state index contributed by atoms with van der Waals surface area (Å²) < 4.78 is 6.37. The Kier molecular flexibility index (Phi) is 9.21. The first-order valence-corrected chi connectivity index (χ1v) is 12.0. The summed E-state index contributed by atoms with van der Waals surface area (Å²) in [5.41, 5.74) is 1.53. The average Bonchev–Trinajstić information content (AvgIpc) is 2.74. The van der Waals surface area contributed by atoms with Crippen LogP contribution in [-0.2, 0) is 4.74 Å². The molecule has 0 spiro atoms. The van der Waals surface area contributed by atoms with Gasteiger partial charge in [0.1, 0.15) is 0 Å². The third kappa shape index (κ3) is 7.26. The molecule has 0 saturated heterocycles. The van der Waals surface area contributed by atoms with Crippen LogP contribution in [0.3, 0.4) is 0 Å². The van der Waals surface area contributed by atoms with Gasteiger partial charge in [-0.1, -0.05) is 88.6 Å². The maximum atomic E-state index is 6.37. The van der Waals surface area contributed by atoms with Crippen LogP contribution in [0.4, 0.5) is 0 Å². The first kappa shape index (κ1) is 20.9. The van der Waals surface area contributed by atoms with Crippen molar-refractivity contribution < 1.29 is 4.74 Å². The Hall–Kier alpha value is -0.820. The van der Waals surface area contributed by atoms with Gasteiger partial charge in [-0.05, 0) is 61.8 Å². The fourth-order valence-corrected chi connectivity index (χ4v) is 5.28. The number of benzene rings is 1. The van der Waals surface area contributed by atoms with Crippen molar-refractivity contribution in [1.29, 1.82) is 0 Å². The minimum Gasteiger partial charge on any atom is -0.378 e. The molecule has 0 N–H and O–H groups in total. The minimum absolute atomic E-state index is 0.529. The van der Waals surface area contributed by atoms with Crippen LogP contribution in [0.15, 0.2) is 30.3 Å². The van der Waals surface area contributed by atoms with Crippen LogP contribution in [0.2, 0.25) is 0 Å². The molecule has 3 rings (SSSR count). The SMILES string of the molecule is CCCCCCCC1CCC(COC2CCC(c3ccccc3)CC2)CC1. The van der Waals surface area contributed by atoms with E-state index in [9.17, 15) is 0 Å². The fourth-order valence-electron chi connectivity index (χ4n) is 5.28. The summed E-state index contributed by atoms with van der Waals surface area (Å²) in [6, 6.07) is 11.1. The Labute approximate surface area is 168 Å². The molecule has 0 bridgehead atoms. The zero-order valence-electron chi connectivity index (χ0n) is 17.7. The quantitative estimate of drug-likeness (QED) is 0.380. The zero-order chi connectivity index (χ0) is 18.7. The van der Waals surface area contributed by atoms with Crippen LogP contribution in [0, 0.1) is 11.8 Å². The van der Waals surface area contributed by atoms with Crippen molar-refractivity contribution in [3.05, 3.63) is 35.9 Å². The minimum atomic E-state index is 0.529. The van der Waals surface area contributed by atoms with E-state index in [-0.39, 0.29) is 0 Å². The first-order valence-electron chi connectivity index (χ1n) is 12.0. The van der Waals surface area contributed by atoms with Crippen LogP contribution < -0.4 is 0 Å². The van der Waals surface area contributed by atoms with E-state index in [1.807, 2.05) is 0 Å². The van der Waals surface area contributed by atoms with Gasteiger partial charge in [0.05, 0.1) is 6.10 Å². The molecule has 2 aliphatic carbocycles. The highest BCUT2D eigenvalue weighted by Gasteiger charge is 2.25. The second-order valence-corrected chi connectivity index (χ2v) is 9.31. The van der Waals surface area contributed by atoms with Crippen LogP contribution in [0.5, 0.6) is 0 Å². The van der Waals surface area contributed by atoms with E-state index >= 15 is 0 Å². The summed E-state index contributed by atoms with van der Waals surface area (Å²) in [7, 11) is 0. The molecule has 0 unspecified atom stereocenters. The molecule has 0 radical (unpaired) electrons. The van der Waals surface area contributed by atoms with Crippen LogP contribution in [0.25, 0.3) is 0 Å². The molecule has 2 fully saturated rings. The summed E-state index contributed by atoms with van der Waals surface area (Å²) in [6.45, 7) is 3.34. The highest BCUT2D eigenvalue weighted by atomic mass is 16.5. The molecule has 1 aromatic carbocycles. The van der Waals surface area contributed by atoms with Gasteiger partial charge < -0.3 is 4.74 Å². The Morgan fingerprint density at radius 3 is 2.11 bits per heavy atom. The van der Waals surface area contributed by atoms with Crippen molar-refractivity contribution in [2.24, 2.45) is 11.8 Å². The van der Waals surface area contributed by atoms with Crippen molar-refractivity contribution in [2.75, 3.05) is 6.61 Å². The molecule has 1 aromatic rings. The topological polar surface area (TPSA) is 9.23 Å². The van der Waals surface area contributed by atoms with Gasteiger partial charge in [-0.25, -0.2) is 0 Å². The molecule has 0 amide bonds. The summed E-state index contributed by atoms with van der Waals surface area (Å²) in [6.07, 6.45) is 20.1. The van der Waals surface area contributed by atoms with E-state index in [0.29, 0.717) is 6.10 Å². The van der Waals surface area contributed by atoms with Gasteiger partial charge >= 0.3 is 0 Å². The van der Waals surface area contributed by atoms with Gasteiger partial charge in [0.2, 0.25) is 0 Å². The lowest BCUT2D eigenvalue weighted by molar-refractivity contribution is -0.00484. The monoisotopic (exact) mass is 370 g/mol. The zero-order valence-corrected chi connectivity index (χ0v) is 17.7. The van der Waals surface area contributed by atoms with Crippen molar-refractivity contribution in [2.45, 2.75) is 109 Å². The largest absolute Gasteiger partial charge is 0.378 e. The standard InChI is InChI=1S/C26H42O/c1-2-3-4-5-7-10-22-13-15-23(16-14-22)21-27-26-19-17-25(18-20-26)24-11-8-6-9-12-24/h6,8-9,11-12,22-23,25-26H,2-5,7,10,13-21H2,1H3. The summed E-state index contributed by atoms with van der Waals surface area (Å²) in [5.74, 6) is 2.62. The smallest absolute Gasteiger partial charge is 0.0575 e. The van der Waals surface area contributed by atoms with Crippen LogP contribution >= 0.6 is 0 Å². The van der Waals surface area contributed by atoms with E-state index in [1.54, 1.807) is 0 Å². The van der Waals surface area contributed by atoms with Crippen molar-refractivity contribution >= 4 is 0 Å². The predicted octanol–water partition coefficient (Wildman–Crippen LogP) is 7.90. The lowest BCUT2D eigenvalue weighted by Crippen LogP contribution is -2.25. The number of hydrogen-bond acceptors (Lipinski definition) is 1. The van der Waals surface area contributed by atoms with E-state index in [4.69, 9.17) is 4.74 Å². The average molecular weight is 371 g/mol. The molecular weight excluding hydrogens is 328 g/mol. The van der Waals surface area contributed by atoms with Gasteiger partial charge in [-0.15, -0.1) is 0 Å². The summed E-state index contributed by atoms with van der Waals surface area (Å²) in [4.78, 5) is 0. The van der Waals surface area contributed by atoms with Crippen LogP contribution in [0.1, 0.15) is 108 Å². The predicted molar refractivity (Wildman–Crippen MR) is 116 cm³/mol. The second kappa shape index (κ2) is 11.9. The molecule has 27 heavy (non-hydrogen) atoms. The Balaban J connectivity index is 1.24. The van der Waals surface area contributed by atoms with E-state index in [2.05, 4.69) is 37.3 Å². The number of ether oxygens (including phenoxy) is 1. The molecule has 2 aliphatic rings. The van der Waals surface area contributed by atoms with Gasteiger partial charge in [0, 0.05) is 6.61 Å². The first-order chi connectivity index (χ1) is 13.3. The molecular formula is C26H42O. The number of rotatable bonds is 10. The number of hydrogen-bond donors (Lipinski definition) is 0. The molecule has 152 valence electrons. The third-order valence-corrected chi connectivity index (χ3v) is 7.20. The third-order valence-electron chi connectivity index (χ3n) is 7.20. The summed E-state index contributed by atoms with van der Waals surface area (Å²) in [5, 5.41) is 0. The van der Waals surface area contributed by atoms with E-state index in [0.717, 1.165) is 24.4 Å². The van der Waals surface area contributed by atoms with E-state index in [1.165, 1.54) is 95.5 Å². The van der Waals surface area contributed by atoms with Crippen molar-refractivity contribution in [3.8, 4) is 0 Å². The lowest BCUT2D eigenvalue weighted by atomic mass is 9.80. The highest BCUT2D eigenvalue weighted by molar-refractivity contribution is 5.19. The molecule has 0 heterocycles.